The Morgan fingerprint density at radius 1 is 0.889 bits per heavy atom. The zero-order valence-electron chi connectivity index (χ0n) is 12.4. The third-order valence-corrected chi connectivity index (χ3v) is 2.33. The summed E-state index contributed by atoms with van der Waals surface area (Å²) in [5, 5.41) is 0. The van der Waals surface area contributed by atoms with Gasteiger partial charge in [-0.05, 0) is 53.2 Å². The van der Waals surface area contributed by atoms with E-state index in [1.807, 2.05) is 12.3 Å². The molecular weight excluding hydrogens is 226 g/mol. The summed E-state index contributed by atoms with van der Waals surface area (Å²) in [6.45, 7) is 13.5. The second kappa shape index (κ2) is 5.81. The summed E-state index contributed by atoms with van der Waals surface area (Å²) < 4.78 is 11.6. The maximum Gasteiger partial charge on any atom is 0.0742 e. The van der Waals surface area contributed by atoms with Crippen LogP contribution in [0.25, 0.3) is 0 Å². The van der Waals surface area contributed by atoms with Crippen LogP contribution >= 0.6 is 0 Å². The van der Waals surface area contributed by atoms with Crippen molar-refractivity contribution < 1.29 is 9.47 Å². The van der Waals surface area contributed by atoms with Crippen LogP contribution in [-0.4, -0.2) is 16.2 Å². The standard InChI is InChI=1S/C15H25NO2/c1-14(2,3)17-10-12-7-8-16-9-13(12)11-18-15(4,5)6/h7-9H,10-11H2,1-6H3. The molecule has 1 aromatic heterocycles. The lowest BCUT2D eigenvalue weighted by atomic mass is 10.1. The molecule has 3 nitrogen and oxygen atoms in total. The molecule has 0 aliphatic rings. The van der Waals surface area contributed by atoms with Crippen LogP contribution in [0, 0.1) is 0 Å². The summed E-state index contributed by atoms with van der Waals surface area (Å²) in [5.74, 6) is 0. The number of ether oxygens (including phenoxy) is 2. The monoisotopic (exact) mass is 251 g/mol. The van der Waals surface area contributed by atoms with Gasteiger partial charge in [0.25, 0.3) is 0 Å². The molecule has 18 heavy (non-hydrogen) atoms. The number of aromatic nitrogens is 1. The fourth-order valence-corrected chi connectivity index (χ4v) is 1.32. The number of rotatable bonds is 4. The van der Waals surface area contributed by atoms with Gasteiger partial charge in [-0.15, -0.1) is 0 Å². The Morgan fingerprint density at radius 3 is 1.89 bits per heavy atom. The topological polar surface area (TPSA) is 31.4 Å². The molecule has 0 bridgehead atoms. The molecule has 0 aromatic carbocycles. The molecule has 102 valence electrons. The summed E-state index contributed by atoms with van der Waals surface area (Å²) >= 11 is 0. The zero-order valence-corrected chi connectivity index (χ0v) is 12.4. The fourth-order valence-electron chi connectivity index (χ4n) is 1.32. The normalized spacial score (nSPS) is 12.8. The molecule has 3 heteroatoms. The van der Waals surface area contributed by atoms with E-state index in [9.17, 15) is 0 Å². The number of pyridine rings is 1. The molecule has 0 saturated heterocycles. The Bertz CT molecular complexity index is 338. The van der Waals surface area contributed by atoms with Crippen molar-refractivity contribution in [2.45, 2.75) is 66.0 Å². The maximum absolute atomic E-state index is 5.80. The fraction of sp³-hybridized carbons (Fsp3) is 0.667. The van der Waals surface area contributed by atoms with Crippen molar-refractivity contribution >= 4 is 0 Å². The molecule has 0 saturated carbocycles. The van der Waals surface area contributed by atoms with Crippen molar-refractivity contribution in [2.24, 2.45) is 0 Å². The quantitative estimate of drug-likeness (QED) is 0.817. The average molecular weight is 251 g/mol. The minimum Gasteiger partial charge on any atom is -0.371 e. The zero-order chi connectivity index (χ0) is 13.8. The van der Waals surface area contributed by atoms with Crippen LogP contribution in [0.2, 0.25) is 0 Å². The van der Waals surface area contributed by atoms with E-state index in [1.54, 1.807) is 6.20 Å². The van der Waals surface area contributed by atoms with Gasteiger partial charge >= 0.3 is 0 Å². The van der Waals surface area contributed by atoms with Gasteiger partial charge in [-0.25, -0.2) is 0 Å². The summed E-state index contributed by atoms with van der Waals surface area (Å²) in [7, 11) is 0. The first-order valence-electron chi connectivity index (χ1n) is 6.37. The highest BCUT2D eigenvalue weighted by Crippen LogP contribution is 2.17. The van der Waals surface area contributed by atoms with Gasteiger partial charge in [-0.2, -0.15) is 0 Å². The van der Waals surface area contributed by atoms with Crippen LogP contribution in [0.15, 0.2) is 18.5 Å². The van der Waals surface area contributed by atoms with E-state index in [2.05, 4.69) is 46.5 Å². The smallest absolute Gasteiger partial charge is 0.0742 e. The molecular formula is C15H25NO2. The third kappa shape index (κ3) is 6.12. The van der Waals surface area contributed by atoms with Crippen molar-refractivity contribution in [1.82, 2.24) is 4.98 Å². The number of nitrogens with zero attached hydrogens (tertiary/aromatic N) is 1. The van der Waals surface area contributed by atoms with E-state index in [0.29, 0.717) is 13.2 Å². The van der Waals surface area contributed by atoms with Crippen molar-refractivity contribution in [2.75, 3.05) is 0 Å². The Hall–Kier alpha value is -0.930. The van der Waals surface area contributed by atoms with Crippen molar-refractivity contribution in [3.05, 3.63) is 29.6 Å². The molecule has 0 fully saturated rings. The van der Waals surface area contributed by atoms with Gasteiger partial charge in [0.15, 0.2) is 0 Å². The van der Waals surface area contributed by atoms with Gasteiger partial charge in [0.1, 0.15) is 0 Å². The van der Waals surface area contributed by atoms with Gasteiger partial charge in [0.05, 0.1) is 24.4 Å². The van der Waals surface area contributed by atoms with Crippen LogP contribution in [0.4, 0.5) is 0 Å². The first-order valence-corrected chi connectivity index (χ1v) is 6.37. The van der Waals surface area contributed by atoms with Crippen LogP contribution in [0.3, 0.4) is 0 Å². The average Bonchev–Trinajstić information content (AvgIpc) is 2.22. The van der Waals surface area contributed by atoms with Crippen molar-refractivity contribution in [3.8, 4) is 0 Å². The van der Waals surface area contributed by atoms with Gasteiger partial charge < -0.3 is 9.47 Å². The summed E-state index contributed by atoms with van der Waals surface area (Å²) in [5.41, 5.74) is 1.96. The van der Waals surface area contributed by atoms with E-state index in [1.165, 1.54) is 0 Å². The first kappa shape index (κ1) is 15.1. The van der Waals surface area contributed by atoms with E-state index in [0.717, 1.165) is 11.1 Å². The highest BCUT2D eigenvalue weighted by atomic mass is 16.5. The van der Waals surface area contributed by atoms with Crippen LogP contribution in [0.5, 0.6) is 0 Å². The van der Waals surface area contributed by atoms with Crippen molar-refractivity contribution in [1.29, 1.82) is 0 Å². The second-order valence-corrected chi connectivity index (χ2v) is 6.45. The van der Waals surface area contributed by atoms with Gasteiger partial charge in [0, 0.05) is 18.0 Å². The van der Waals surface area contributed by atoms with Gasteiger partial charge in [0.2, 0.25) is 0 Å². The first-order chi connectivity index (χ1) is 8.17. The number of hydrogen-bond acceptors (Lipinski definition) is 3. The largest absolute Gasteiger partial charge is 0.371 e. The lowest BCUT2D eigenvalue weighted by Gasteiger charge is -2.22. The second-order valence-electron chi connectivity index (χ2n) is 6.45. The van der Waals surface area contributed by atoms with E-state index in [-0.39, 0.29) is 11.2 Å². The highest BCUT2D eigenvalue weighted by Gasteiger charge is 2.14. The predicted molar refractivity (Wildman–Crippen MR) is 73.3 cm³/mol. The molecule has 0 spiro atoms. The molecule has 0 aliphatic heterocycles. The Kier molecular flexibility index (Phi) is 4.88. The molecule has 0 N–H and O–H groups in total. The SMILES string of the molecule is CC(C)(C)OCc1ccncc1COC(C)(C)C. The summed E-state index contributed by atoms with van der Waals surface area (Å²) in [4.78, 5) is 4.15. The highest BCUT2D eigenvalue weighted by molar-refractivity contribution is 5.21. The molecule has 1 heterocycles. The Balaban J connectivity index is 2.68. The maximum atomic E-state index is 5.80. The molecule has 1 aromatic rings. The lowest BCUT2D eigenvalue weighted by Crippen LogP contribution is -2.21. The third-order valence-electron chi connectivity index (χ3n) is 2.33. The van der Waals surface area contributed by atoms with Crippen molar-refractivity contribution in [3.63, 3.8) is 0 Å². The minimum atomic E-state index is -0.141. The lowest BCUT2D eigenvalue weighted by molar-refractivity contribution is -0.0245. The molecule has 0 radical (unpaired) electrons. The number of hydrogen-bond donors (Lipinski definition) is 0. The van der Waals surface area contributed by atoms with Crippen LogP contribution < -0.4 is 0 Å². The van der Waals surface area contributed by atoms with E-state index >= 15 is 0 Å². The predicted octanol–water partition coefficient (Wildman–Crippen LogP) is 3.71. The molecule has 0 amide bonds. The van der Waals surface area contributed by atoms with Gasteiger partial charge in [-0.1, -0.05) is 0 Å². The summed E-state index contributed by atoms with van der Waals surface area (Å²) in [6, 6.07) is 1.99. The molecule has 0 aliphatic carbocycles. The minimum absolute atomic E-state index is 0.134. The molecule has 1 rings (SSSR count). The Labute approximate surface area is 111 Å². The Morgan fingerprint density at radius 2 is 1.39 bits per heavy atom. The molecule has 0 unspecified atom stereocenters. The van der Waals surface area contributed by atoms with Gasteiger partial charge in [-0.3, -0.25) is 4.98 Å². The van der Waals surface area contributed by atoms with Crippen LogP contribution in [-0.2, 0) is 22.7 Å². The van der Waals surface area contributed by atoms with Crippen LogP contribution in [0.1, 0.15) is 52.7 Å². The van der Waals surface area contributed by atoms with E-state index < -0.39 is 0 Å². The molecule has 0 atom stereocenters. The summed E-state index contributed by atoms with van der Waals surface area (Å²) in [6.07, 6.45) is 3.65. The van der Waals surface area contributed by atoms with E-state index in [4.69, 9.17) is 9.47 Å².